The maximum absolute atomic E-state index is 5.49. The number of hydrogen-bond donors (Lipinski definition) is 1. The average Bonchev–Trinajstić information content (AvgIpc) is 2.84. The first kappa shape index (κ1) is 9.83. The Bertz CT molecular complexity index is 671. The van der Waals surface area contributed by atoms with Crippen LogP contribution in [-0.4, -0.2) is 15.1 Å². The van der Waals surface area contributed by atoms with Gasteiger partial charge < -0.3 is 8.94 Å². The first-order chi connectivity index (χ1) is 8.20. The van der Waals surface area contributed by atoms with Crippen LogP contribution in [0.5, 0.6) is 0 Å². The summed E-state index contributed by atoms with van der Waals surface area (Å²) in [5.74, 6) is 0.555. The van der Waals surface area contributed by atoms with Gasteiger partial charge in [-0.05, 0) is 31.5 Å². The quantitative estimate of drug-likeness (QED) is 0.729. The molecule has 0 aliphatic rings. The number of anilines is 2. The molecular weight excluding hydrogens is 220 g/mol. The second-order valence-electron chi connectivity index (χ2n) is 3.76. The minimum absolute atomic E-state index is 0.269. The number of benzene rings is 1. The standard InChI is InChI=1S/C11H10N4O2/c1-6-3-4-9-8(5-6)13-10(16-9)14-11-12-7(2)15-17-11/h3-5H,1-2H3,(H,12,13,14,15). The number of hydrogen-bond acceptors (Lipinski definition) is 6. The molecule has 0 aliphatic heterocycles. The summed E-state index contributed by atoms with van der Waals surface area (Å²) >= 11 is 0. The zero-order valence-electron chi connectivity index (χ0n) is 9.39. The van der Waals surface area contributed by atoms with Crippen molar-refractivity contribution in [1.82, 2.24) is 15.1 Å². The molecule has 0 saturated carbocycles. The molecule has 0 amide bonds. The third kappa shape index (κ3) is 1.84. The minimum atomic E-state index is 0.269. The van der Waals surface area contributed by atoms with E-state index in [0.717, 1.165) is 11.1 Å². The molecule has 2 heterocycles. The summed E-state index contributed by atoms with van der Waals surface area (Å²) in [6.07, 6.45) is 0. The first-order valence-corrected chi connectivity index (χ1v) is 5.15. The van der Waals surface area contributed by atoms with E-state index in [1.807, 2.05) is 25.1 Å². The molecular formula is C11H10N4O2. The maximum Gasteiger partial charge on any atom is 0.329 e. The molecule has 6 heteroatoms. The Hall–Kier alpha value is -2.37. The highest BCUT2D eigenvalue weighted by molar-refractivity contribution is 5.75. The van der Waals surface area contributed by atoms with Gasteiger partial charge in [0.25, 0.3) is 0 Å². The molecule has 3 aromatic rings. The highest BCUT2D eigenvalue weighted by atomic mass is 16.5. The Labute approximate surface area is 96.6 Å². The number of oxazole rings is 1. The van der Waals surface area contributed by atoms with E-state index in [-0.39, 0.29) is 6.01 Å². The van der Waals surface area contributed by atoms with Crippen LogP contribution in [0.3, 0.4) is 0 Å². The van der Waals surface area contributed by atoms with Crippen molar-refractivity contribution in [2.45, 2.75) is 13.8 Å². The lowest BCUT2D eigenvalue weighted by Gasteiger charge is -1.90. The molecule has 0 saturated heterocycles. The molecule has 0 unspecified atom stereocenters. The van der Waals surface area contributed by atoms with Crippen molar-refractivity contribution in [2.24, 2.45) is 0 Å². The van der Waals surface area contributed by atoms with Crippen LogP contribution >= 0.6 is 0 Å². The lowest BCUT2D eigenvalue weighted by Crippen LogP contribution is -1.89. The normalized spacial score (nSPS) is 10.9. The Morgan fingerprint density at radius 2 is 2.00 bits per heavy atom. The zero-order valence-corrected chi connectivity index (χ0v) is 9.39. The van der Waals surface area contributed by atoms with Gasteiger partial charge >= 0.3 is 12.0 Å². The number of aryl methyl sites for hydroxylation is 2. The molecule has 1 aromatic carbocycles. The molecule has 86 valence electrons. The van der Waals surface area contributed by atoms with E-state index in [1.54, 1.807) is 6.92 Å². The van der Waals surface area contributed by atoms with Crippen LogP contribution in [0.2, 0.25) is 0 Å². The van der Waals surface area contributed by atoms with Crippen LogP contribution in [0, 0.1) is 13.8 Å². The summed E-state index contributed by atoms with van der Waals surface area (Å²) in [7, 11) is 0. The molecule has 17 heavy (non-hydrogen) atoms. The van der Waals surface area contributed by atoms with E-state index in [4.69, 9.17) is 8.94 Å². The minimum Gasteiger partial charge on any atom is -0.423 e. The molecule has 0 spiro atoms. The lowest BCUT2D eigenvalue weighted by atomic mass is 10.2. The van der Waals surface area contributed by atoms with E-state index < -0.39 is 0 Å². The predicted octanol–water partition coefficient (Wildman–Crippen LogP) is 2.57. The number of rotatable bonds is 2. The van der Waals surface area contributed by atoms with Gasteiger partial charge in [0, 0.05) is 0 Å². The highest BCUT2D eigenvalue weighted by Gasteiger charge is 2.09. The van der Waals surface area contributed by atoms with Gasteiger partial charge in [-0.2, -0.15) is 9.97 Å². The summed E-state index contributed by atoms with van der Waals surface area (Å²) in [6, 6.07) is 6.40. The van der Waals surface area contributed by atoms with Crippen molar-refractivity contribution >= 4 is 23.1 Å². The van der Waals surface area contributed by atoms with E-state index in [1.165, 1.54) is 0 Å². The molecule has 0 bridgehead atoms. The van der Waals surface area contributed by atoms with Gasteiger partial charge in [-0.15, -0.1) is 0 Å². The number of fused-ring (bicyclic) bond motifs is 1. The highest BCUT2D eigenvalue weighted by Crippen LogP contribution is 2.21. The van der Waals surface area contributed by atoms with Crippen LogP contribution in [0.25, 0.3) is 11.1 Å². The average molecular weight is 230 g/mol. The van der Waals surface area contributed by atoms with Crippen LogP contribution in [0.1, 0.15) is 11.4 Å². The van der Waals surface area contributed by atoms with E-state index >= 15 is 0 Å². The summed E-state index contributed by atoms with van der Waals surface area (Å²) in [5, 5.41) is 6.48. The summed E-state index contributed by atoms with van der Waals surface area (Å²) in [6.45, 7) is 3.74. The van der Waals surface area contributed by atoms with Gasteiger partial charge in [0.1, 0.15) is 5.52 Å². The van der Waals surface area contributed by atoms with Gasteiger partial charge in [0.15, 0.2) is 11.4 Å². The molecule has 0 atom stereocenters. The molecule has 3 rings (SSSR count). The molecule has 6 nitrogen and oxygen atoms in total. The third-order valence-electron chi connectivity index (χ3n) is 2.28. The SMILES string of the molecule is Cc1ccc2oc(Nc3nc(C)no3)nc2c1. The largest absolute Gasteiger partial charge is 0.423 e. The third-order valence-corrected chi connectivity index (χ3v) is 2.28. The Kier molecular flexibility index (Phi) is 2.07. The van der Waals surface area contributed by atoms with Crippen molar-refractivity contribution in [3.63, 3.8) is 0 Å². The number of nitrogens with one attached hydrogen (secondary N) is 1. The summed E-state index contributed by atoms with van der Waals surface area (Å²) in [5.41, 5.74) is 2.64. The second kappa shape index (κ2) is 3.58. The van der Waals surface area contributed by atoms with Crippen LogP contribution < -0.4 is 5.32 Å². The van der Waals surface area contributed by atoms with Crippen molar-refractivity contribution in [3.8, 4) is 0 Å². The van der Waals surface area contributed by atoms with Gasteiger partial charge in [-0.3, -0.25) is 5.32 Å². The smallest absolute Gasteiger partial charge is 0.329 e. The summed E-state index contributed by atoms with van der Waals surface area (Å²) in [4.78, 5) is 8.28. The zero-order chi connectivity index (χ0) is 11.8. The lowest BCUT2D eigenvalue weighted by molar-refractivity contribution is 0.426. The van der Waals surface area contributed by atoms with E-state index in [9.17, 15) is 0 Å². The fourth-order valence-electron chi connectivity index (χ4n) is 1.53. The van der Waals surface area contributed by atoms with Crippen LogP contribution in [-0.2, 0) is 0 Å². The second-order valence-corrected chi connectivity index (χ2v) is 3.76. The van der Waals surface area contributed by atoms with Crippen molar-refractivity contribution in [1.29, 1.82) is 0 Å². The van der Waals surface area contributed by atoms with Gasteiger partial charge in [-0.25, -0.2) is 0 Å². The molecule has 0 aliphatic carbocycles. The van der Waals surface area contributed by atoms with Crippen molar-refractivity contribution < 1.29 is 8.94 Å². The monoisotopic (exact) mass is 230 g/mol. The van der Waals surface area contributed by atoms with Gasteiger partial charge in [0.05, 0.1) is 0 Å². The number of nitrogens with zero attached hydrogens (tertiary/aromatic N) is 3. The van der Waals surface area contributed by atoms with Crippen molar-refractivity contribution in [2.75, 3.05) is 5.32 Å². The molecule has 1 N–H and O–H groups in total. The Morgan fingerprint density at radius 1 is 1.12 bits per heavy atom. The van der Waals surface area contributed by atoms with Gasteiger partial charge in [-0.1, -0.05) is 11.2 Å². The van der Waals surface area contributed by atoms with Crippen LogP contribution in [0.4, 0.5) is 12.0 Å². The van der Waals surface area contributed by atoms with E-state index in [2.05, 4.69) is 20.4 Å². The maximum atomic E-state index is 5.49. The Balaban J connectivity index is 1.95. The molecule has 0 radical (unpaired) electrons. The molecule has 0 fully saturated rings. The van der Waals surface area contributed by atoms with Gasteiger partial charge in [0.2, 0.25) is 0 Å². The summed E-state index contributed by atoms with van der Waals surface area (Å²) < 4.78 is 10.4. The van der Waals surface area contributed by atoms with E-state index in [0.29, 0.717) is 17.4 Å². The Morgan fingerprint density at radius 3 is 2.76 bits per heavy atom. The van der Waals surface area contributed by atoms with Crippen molar-refractivity contribution in [3.05, 3.63) is 29.6 Å². The topological polar surface area (TPSA) is 77.0 Å². The fraction of sp³-hybridized carbons (Fsp3) is 0.182. The molecule has 2 aromatic heterocycles. The predicted molar refractivity (Wildman–Crippen MR) is 61.1 cm³/mol. The van der Waals surface area contributed by atoms with Crippen LogP contribution in [0.15, 0.2) is 27.1 Å². The first-order valence-electron chi connectivity index (χ1n) is 5.15. The number of aromatic nitrogens is 3. The fourth-order valence-corrected chi connectivity index (χ4v) is 1.53.